The lowest BCUT2D eigenvalue weighted by atomic mass is 9.77. The SMILES string of the molecule is CCC(C)c1noc(C2NCCCC2(C)C)n1. The number of nitrogens with one attached hydrogen (secondary N) is 1. The Bertz CT molecular complexity index is 372. The molecule has 1 aromatic rings. The van der Waals surface area contributed by atoms with E-state index >= 15 is 0 Å². The molecule has 0 spiro atoms. The van der Waals surface area contributed by atoms with Crippen LogP contribution in [0, 0.1) is 5.41 Å². The van der Waals surface area contributed by atoms with Crippen molar-refractivity contribution in [2.45, 2.75) is 58.9 Å². The molecule has 4 heteroatoms. The number of hydrogen-bond acceptors (Lipinski definition) is 4. The first-order valence-electron chi connectivity index (χ1n) is 6.61. The van der Waals surface area contributed by atoms with E-state index in [0.29, 0.717) is 5.92 Å². The monoisotopic (exact) mass is 237 g/mol. The standard InChI is InChI=1S/C13H23N3O/c1-5-9(2)11-15-12(17-16-11)10-13(3,4)7-6-8-14-10/h9-10,14H,5-8H2,1-4H3. The van der Waals surface area contributed by atoms with Crippen molar-refractivity contribution >= 4 is 0 Å². The molecule has 0 amide bonds. The van der Waals surface area contributed by atoms with E-state index in [9.17, 15) is 0 Å². The van der Waals surface area contributed by atoms with Gasteiger partial charge < -0.3 is 9.84 Å². The average molecular weight is 237 g/mol. The minimum absolute atomic E-state index is 0.192. The Morgan fingerprint density at radius 2 is 2.29 bits per heavy atom. The van der Waals surface area contributed by atoms with Crippen molar-refractivity contribution in [1.29, 1.82) is 0 Å². The zero-order valence-electron chi connectivity index (χ0n) is 11.3. The van der Waals surface area contributed by atoms with E-state index in [0.717, 1.165) is 24.7 Å². The van der Waals surface area contributed by atoms with Crippen LogP contribution in [-0.2, 0) is 0 Å². The zero-order valence-corrected chi connectivity index (χ0v) is 11.3. The molecule has 2 rings (SSSR count). The van der Waals surface area contributed by atoms with E-state index in [4.69, 9.17) is 4.52 Å². The maximum Gasteiger partial charge on any atom is 0.244 e. The van der Waals surface area contributed by atoms with E-state index in [1.807, 2.05) is 0 Å². The molecular formula is C13H23N3O. The summed E-state index contributed by atoms with van der Waals surface area (Å²) in [5.41, 5.74) is 0.192. The topological polar surface area (TPSA) is 51.0 Å². The first kappa shape index (κ1) is 12.6. The Labute approximate surface area is 103 Å². The maximum absolute atomic E-state index is 5.44. The highest BCUT2D eigenvalue weighted by atomic mass is 16.5. The lowest BCUT2D eigenvalue weighted by Crippen LogP contribution is -2.39. The van der Waals surface area contributed by atoms with Gasteiger partial charge in [-0.3, -0.25) is 0 Å². The van der Waals surface area contributed by atoms with Gasteiger partial charge in [0.25, 0.3) is 0 Å². The number of aromatic nitrogens is 2. The Balaban J connectivity index is 2.18. The summed E-state index contributed by atoms with van der Waals surface area (Å²) in [4.78, 5) is 4.56. The van der Waals surface area contributed by atoms with Gasteiger partial charge in [0.05, 0.1) is 6.04 Å². The van der Waals surface area contributed by atoms with Crippen molar-refractivity contribution in [3.63, 3.8) is 0 Å². The predicted octanol–water partition coefficient (Wildman–Crippen LogP) is 3.03. The van der Waals surface area contributed by atoms with E-state index < -0.39 is 0 Å². The molecule has 96 valence electrons. The molecule has 0 radical (unpaired) electrons. The van der Waals surface area contributed by atoms with Gasteiger partial charge in [0.15, 0.2) is 5.82 Å². The van der Waals surface area contributed by atoms with Gasteiger partial charge in [-0.1, -0.05) is 32.9 Å². The molecule has 4 nitrogen and oxygen atoms in total. The summed E-state index contributed by atoms with van der Waals surface area (Å²) in [5.74, 6) is 1.97. The molecule has 1 aliphatic heterocycles. The molecule has 0 saturated carbocycles. The lowest BCUT2D eigenvalue weighted by molar-refractivity contribution is 0.146. The van der Waals surface area contributed by atoms with Crippen LogP contribution in [0.2, 0.25) is 0 Å². The van der Waals surface area contributed by atoms with E-state index in [1.54, 1.807) is 0 Å². The summed E-state index contributed by atoms with van der Waals surface area (Å²) in [6.07, 6.45) is 3.46. The summed E-state index contributed by atoms with van der Waals surface area (Å²) >= 11 is 0. The Kier molecular flexibility index (Phi) is 3.52. The van der Waals surface area contributed by atoms with Crippen molar-refractivity contribution in [1.82, 2.24) is 15.5 Å². The highest BCUT2D eigenvalue weighted by Gasteiger charge is 2.37. The van der Waals surface area contributed by atoms with Gasteiger partial charge in [-0.2, -0.15) is 4.98 Å². The van der Waals surface area contributed by atoms with Crippen LogP contribution < -0.4 is 5.32 Å². The fourth-order valence-electron chi connectivity index (χ4n) is 2.38. The Morgan fingerprint density at radius 3 is 2.94 bits per heavy atom. The molecule has 0 aromatic carbocycles. The minimum atomic E-state index is 0.192. The third kappa shape index (κ3) is 2.51. The normalized spacial score (nSPS) is 25.8. The summed E-state index contributed by atoms with van der Waals surface area (Å²) in [6, 6.07) is 0.196. The van der Waals surface area contributed by atoms with Gasteiger partial charge in [-0.15, -0.1) is 0 Å². The van der Waals surface area contributed by atoms with Gasteiger partial charge in [-0.25, -0.2) is 0 Å². The van der Waals surface area contributed by atoms with Crippen LogP contribution in [0.25, 0.3) is 0 Å². The second-order valence-electron chi connectivity index (χ2n) is 5.78. The Hall–Kier alpha value is -0.900. The second-order valence-corrected chi connectivity index (χ2v) is 5.78. The highest BCUT2D eigenvalue weighted by Crippen LogP contribution is 2.39. The number of hydrogen-bond donors (Lipinski definition) is 1. The van der Waals surface area contributed by atoms with Crippen LogP contribution >= 0.6 is 0 Å². The molecule has 1 fully saturated rings. The molecular weight excluding hydrogens is 214 g/mol. The number of piperidine rings is 1. The molecule has 1 saturated heterocycles. The molecule has 2 atom stereocenters. The van der Waals surface area contributed by atoms with Gasteiger partial charge in [0, 0.05) is 5.92 Å². The molecule has 1 aliphatic rings. The third-order valence-electron chi connectivity index (χ3n) is 3.89. The van der Waals surface area contributed by atoms with Crippen LogP contribution in [0.5, 0.6) is 0 Å². The van der Waals surface area contributed by atoms with E-state index in [2.05, 4.69) is 43.2 Å². The van der Waals surface area contributed by atoms with E-state index in [-0.39, 0.29) is 11.5 Å². The Morgan fingerprint density at radius 1 is 1.53 bits per heavy atom. The van der Waals surface area contributed by atoms with Crippen molar-refractivity contribution in [3.8, 4) is 0 Å². The maximum atomic E-state index is 5.44. The van der Waals surface area contributed by atoms with Crippen molar-refractivity contribution < 1.29 is 4.52 Å². The summed E-state index contributed by atoms with van der Waals surface area (Å²) in [7, 11) is 0. The number of nitrogens with zero attached hydrogens (tertiary/aromatic N) is 2. The van der Waals surface area contributed by atoms with Crippen LogP contribution in [0.4, 0.5) is 0 Å². The van der Waals surface area contributed by atoms with Gasteiger partial charge in [0.2, 0.25) is 5.89 Å². The summed E-state index contributed by atoms with van der Waals surface area (Å²) in [5, 5.41) is 7.60. The molecule has 1 N–H and O–H groups in total. The molecule has 0 bridgehead atoms. The molecule has 1 aromatic heterocycles. The molecule has 2 unspecified atom stereocenters. The van der Waals surface area contributed by atoms with Crippen LogP contribution in [0.15, 0.2) is 4.52 Å². The van der Waals surface area contributed by atoms with Crippen LogP contribution in [0.1, 0.15) is 70.6 Å². The van der Waals surface area contributed by atoms with Gasteiger partial charge >= 0.3 is 0 Å². The largest absolute Gasteiger partial charge is 0.338 e. The second kappa shape index (κ2) is 4.77. The fourth-order valence-corrected chi connectivity index (χ4v) is 2.38. The molecule has 17 heavy (non-hydrogen) atoms. The van der Waals surface area contributed by atoms with Gasteiger partial charge in [-0.05, 0) is 31.2 Å². The third-order valence-corrected chi connectivity index (χ3v) is 3.89. The minimum Gasteiger partial charge on any atom is -0.338 e. The molecule has 0 aliphatic carbocycles. The highest BCUT2D eigenvalue weighted by molar-refractivity contribution is 5.03. The quantitative estimate of drug-likeness (QED) is 0.878. The number of rotatable bonds is 3. The summed E-state index contributed by atoms with van der Waals surface area (Å²) in [6.45, 7) is 9.83. The van der Waals surface area contributed by atoms with Crippen molar-refractivity contribution in [2.75, 3.05) is 6.54 Å². The zero-order chi connectivity index (χ0) is 12.5. The first-order valence-corrected chi connectivity index (χ1v) is 6.61. The average Bonchev–Trinajstić information content (AvgIpc) is 2.76. The lowest BCUT2D eigenvalue weighted by Gasteiger charge is -2.36. The van der Waals surface area contributed by atoms with E-state index in [1.165, 1.54) is 12.8 Å². The summed E-state index contributed by atoms with van der Waals surface area (Å²) < 4.78 is 5.44. The van der Waals surface area contributed by atoms with Crippen molar-refractivity contribution in [2.24, 2.45) is 5.41 Å². The van der Waals surface area contributed by atoms with Crippen LogP contribution in [-0.4, -0.2) is 16.7 Å². The van der Waals surface area contributed by atoms with Crippen molar-refractivity contribution in [3.05, 3.63) is 11.7 Å². The first-order chi connectivity index (χ1) is 8.04. The smallest absolute Gasteiger partial charge is 0.244 e. The van der Waals surface area contributed by atoms with Gasteiger partial charge in [0.1, 0.15) is 0 Å². The fraction of sp³-hybridized carbons (Fsp3) is 0.846. The van der Waals surface area contributed by atoms with Crippen LogP contribution in [0.3, 0.4) is 0 Å². The molecule has 2 heterocycles. The predicted molar refractivity (Wildman–Crippen MR) is 66.8 cm³/mol.